The number of ether oxygens (including phenoxy) is 1. The predicted molar refractivity (Wildman–Crippen MR) is 109 cm³/mol. The van der Waals surface area contributed by atoms with E-state index in [1.54, 1.807) is 37.3 Å². The first-order chi connectivity index (χ1) is 13.0. The Kier molecular flexibility index (Phi) is 5.60. The minimum atomic E-state index is -0.208. The van der Waals surface area contributed by atoms with Crippen LogP contribution in [0.5, 0.6) is 5.75 Å². The molecule has 3 rings (SSSR count). The van der Waals surface area contributed by atoms with E-state index in [1.165, 1.54) is 0 Å². The van der Waals surface area contributed by atoms with Crippen molar-refractivity contribution in [3.05, 3.63) is 69.5 Å². The Hall–Kier alpha value is -3.08. The van der Waals surface area contributed by atoms with Crippen molar-refractivity contribution in [2.45, 2.75) is 33.6 Å². The number of fused-ring (bicyclic) bond motifs is 1. The van der Waals surface area contributed by atoms with E-state index in [1.807, 2.05) is 19.1 Å². The van der Waals surface area contributed by atoms with E-state index >= 15 is 0 Å². The molecule has 0 aliphatic heterocycles. The molecule has 1 heterocycles. The Labute approximate surface area is 158 Å². The van der Waals surface area contributed by atoms with Crippen molar-refractivity contribution < 1.29 is 9.53 Å². The van der Waals surface area contributed by atoms with Crippen LogP contribution in [0.3, 0.4) is 0 Å². The first kappa shape index (κ1) is 18.7. The van der Waals surface area contributed by atoms with Crippen LogP contribution in [-0.2, 0) is 0 Å². The summed E-state index contributed by atoms with van der Waals surface area (Å²) in [5.74, 6) is 0.551. The molecular formula is C22H24N2O3. The number of aryl methyl sites for hydroxylation is 1. The van der Waals surface area contributed by atoms with Gasteiger partial charge in [-0.3, -0.25) is 9.59 Å². The number of aromatic nitrogens is 1. The highest BCUT2D eigenvalue weighted by Gasteiger charge is 2.09. The number of pyridine rings is 1. The number of aromatic amines is 1. The number of rotatable bonds is 6. The standard InChI is InChI=1S/C22H24N2O3/c1-4-5-12-27-18-9-6-16(7-10-18)22(26)23-17-8-11-19-14(2)15(3)21(25)24-20(19)13-17/h6-11,13H,4-5,12H2,1-3H3,(H,23,26)(H,24,25). The van der Waals surface area contributed by atoms with Gasteiger partial charge in [0.1, 0.15) is 5.75 Å². The molecule has 0 aliphatic carbocycles. The molecule has 0 atom stereocenters. The summed E-state index contributed by atoms with van der Waals surface area (Å²) in [6, 6.07) is 12.6. The lowest BCUT2D eigenvalue weighted by Crippen LogP contribution is -2.13. The SMILES string of the molecule is CCCCOc1ccc(C(=O)Nc2ccc3c(C)c(C)c(=O)[nH]c3c2)cc1. The van der Waals surface area contributed by atoms with E-state index in [-0.39, 0.29) is 11.5 Å². The van der Waals surface area contributed by atoms with Gasteiger partial charge in [-0.25, -0.2) is 0 Å². The number of hydrogen-bond acceptors (Lipinski definition) is 3. The van der Waals surface area contributed by atoms with Gasteiger partial charge in [0.2, 0.25) is 0 Å². The zero-order valence-electron chi connectivity index (χ0n) is 15.9. The van der Waals surface area contributed by atoms with Crippen LogP contribution in [0.2, 0.25) is 0 Å². The molecule has 3 aromatic rings. The molecule has 0 radical (unpaired) electrons. The minimum absolute atomic E-state index is 0.109. The van der Waals surface area contributed by atoms with Crippen LogP contribution >= 0.6 is 0 Å². The molecule has 27 heavy (non-hydrogen) atoms. The number of carbonyl (C=O) groups is 1. The fraction of sp³-hybridized carbons (Fsp3) is 0.273. The molecule has 0 fully saturated rings. The van der Waals surface area contributed by atoms with E-state index in [9.17, 15) is 9.59 Å². The summed E-state index contributed by atoms with van der Waals surface area (Å²) in [5, 5.41) is 3.84. The van der Waals surface area contributed by atoms with E-state index in [0.29, 0.717) is 28.9 Å². The topological polar surface area (TPSA) is 71.2 Å². The Morgan fingerprint density at radius 1 is 1.07 bits per heavy atom. The number of unbranched alkanes of at least 4 members (excludes halogenated alkanes) is 1. The molecule has 5 nitrogen and oxygen atoms in total. The number of benzene rings is 2. The van der Waals surface area contributed by atoms with Crippen molar-refractivity contribution in [2.24, 2.45) is 0 Å². The lowest BCUT2D eigenvalue weighted by molar-refractivity contribution is 0.102. The average molecular weight is 364 g/mol. The van der Waals surface area contributed by atoms with Gasteiger partial charge in [0.15, 0.2) is 0 Å². The molecule has 1 aromatic heterocycles. The van der Waals surface area contributed by atoms with E-state index in [0.717, 1.165) is 29.5 Å². The summed E-state index contributed by atoms with van der Waals surface area (Å²) in [6.45, 7) is 6.52. The van der Waals surface area contributed by atoms with Gasteiger partial charge in [0.05, 0.1) is 12.1 Å². The number of hydrogen-bond donors (Lipinski definition) is 2. The van der Waals surface area contributed by atoms with Gasteiger partial charge >= 0.3 is 0 Å². The summed E-state index contributed by atoms with van der Waals surface area (Å²) in [7, 11) is 0. The summed E-state index contributed by atoms with van der Waals surface area (Å²) >= 11 is 0. The maximum atomic E-state index is 12.5. The molecule has 5 heteroatoms. The number of amides is 1. The third-order valence-electron chi connectivity index (χ3n) is 4.72. The van der Waals surface area contributed by atoms with Crippen LogP contribution in [0.4, 0.5) is 5.69 Å². The molecule has 0 saturated carbocycles. The van der Waals surface area contributed by atoms with Crippen molar-refractivity contribution in [1.29, 1.82) is 0 Å². The maximum absolute atomic E-state index is 12.5. The molecule has 0 unspecified atom stereocenters. The van der Waals surface area contributed by atoms with Crippen LogP contribution in [0.25, 0.3) is 10.9 Å². The molecule has 1 amide bonds. The molecule has 140 valence electrons. The lowest BCUT2D eigenvalue weighted by atomic mass is 10.1. The normalized spacial score (nSPS) is 10.8. The lowest BCUT2D eigenvalue weighted by Gasteiger charge is -2.10. The highest BCUT2D eigenvalue weighted by atomic mass is 16.5. The molecule has 2 aromatic carbocycles. The summed E-state index contributed by atoms with van der Waals surface area (Å²) < 4.78 is 5.61. The van der Waals surface area contributed by atoms with Gasteiger partial charge in [0.25, 0.3) is 11.5 Å². The maximum Gasteiger partial charge on any atom is 0.255 e. The second-order valence-electron chi connectivity index (χ2n) is 6.65. The summed E-state index contributed by atoms with van der Waals surface area (Å²) in [6.07, 6.45) is 2.09. The number of anilines is 1. The molecule has 0 aliphatic rings. The van der Waals surface area contributed by atoms with Crippen LogP contribution in [0, 0.1) is 13.8 Å². The third-order valence-corrected chi connectivity index (χ3v) is 4.72. The largest absolute Gasteiger partial charge is 0.494 e. The highest BCUT2D eigenvalue weighted by Crippen LogP contribution is 2.22. The van der Waals surface area contributed by atoms with E-state index < -0.39 is 0 Å². The first-order valence-electron chi connectivity index (χ1n) is 9.17. The highest BCUT2D eigenvalue weighted by molar-refractivity contribution is 6.05. The van der Waals surface area contributed by atoms with Crippen molar-refractivity contribution in [3.63, 3.8) is 0 Å². The van der Waals surface area contributed by atoms with Crippen LogP contribution < -0.4 is 15.6 Å². The van der Waals surface area contributed by atoms with E-state index in [4.69, 9.17) is 4.74 Å². The second kappa shape index (κ2) is 8.08. The Bertz CT molecular complexity index is 1020. The van der Waals surface area contributed by atoms with Crippen molar-refractivity contribution >= 4 is 22.5 Å². The summed E-state index contributed by atoms with van der Waals surface area (Å²) in [5.41, 5.74) is 3.44. The third kappa shape index (κ3) is 4.19. The number of carbonyl (C=O) groups excluding carboxylic acids is 1. The first-order valence-corrected chi connectivity index (χ1v) is 9.17. The smallest absolute Gasteiger partial charge is 0.255 e. The van der Waals surface area contributed by atoms with Gasteiger partial charge in [-0.2, -0.15) is 0 Å². The van der Waals surface area contributed by atoms with Crippen molar-refractivity contribution in [3.8, 4) is 5.75 Å². The fourth-order valence-electron chi connectivity index (χ4n) is 2.88. The van der Waals surface area contributed by atoms with Gasteiger partial charge in [-0.15, -0.1) is 0 Å². The van der Waals surface area contributed by atoms with Crippen molar-refractivity contribution in [2.75, 3.05) is 11.9 Å². The molecule has 0 spiro atoms. The number of H-pyrrole nitrogens is 1. The minimum Gasteiger partial charge on any atom is -0.494 e. The van der Waals surface area contributed by atoms with Gasteiger partial charge in [-0.05, 0) is 62.2 Å². The van der Waals surface area contributed by atoms with Crippen LogP contribution in [0.1, 0.15) is 41.3 Å². The van der Waals surface area contributed by atoms with Gasteiger partial charge in [0, 0.05) is 22.2 Å². The molecule has 0 saturated heterocycles. The van der Waals surface area contributed by atoms with Crippen LogP contribution in [-0.4, -0.2) is 17.5 Å². The monoisotopic (exact) mass is 364 g/mol. The Balaban J connectivity index is 1.75. The quantitative estimate of drug-likeness (QED) is 0.629. The molecule has 0 bridgehead atoms. The second-order valence-corrected chi connectivity index (χ2v) is 6.65. The van der Waals surface area contributed by atoms with E-state index in [2.05, 4.69) is 17.2 Å². The summed E-state index contributed by atoms with van der Waals surface area (Å²) in [4.78, 5) is 27.3. The molecule has 2 N–H and O–H groups in total. The van der Waals surface area contributed by atoms with Crippen molar-refractivity contribution in [1.82, 2.24) is 4.98 Å². The fourth-order valence-corrected chi connectivity index (χ4v) is 2.88. The van der Waals surface area contributed by atoms with Crippen LogP contribution in [0.15, 0.2) is 47.3 Å². The van der Waals surface area contributed by atoms with Gasteiger partial charge in [-0.1, -0.05) is 19.4 Å². The predicted octanol–water partition coefficient (Wildman–Crippen LogP) is 4.58. The number of nitrogens with one attached hydrogen (secondary N) is 2. The average Bonchev–Trinajstić information content (AvgIpc) is 2.67. The Morgan fingerprint density at radius 2 is 1.81 bits per heavy atom. The molecular weight excluding hydrogens is 340 g/mol. The van der Waals surface area contributed by atoms with Gasteiger partial charge < -0.3 is 15.0 Å². The zero-order valence-corrected chi connectivity index (χ0v) is 15.9. The Morgan fingerprint density at radius 3 is 2.52 bits per heavy atom. The zero-order chi connectivity index (χ0) is 19.4.